The topological polar surface area (TPSA) is 119 Å². The van der Waals surface area contributed by atoms with Gasteiger partial charge < -0.3 is 18.9 Å². The Morgan fingerprint density at radius 1 is 1.18 bits per heavy atom. The zero-order chi connectivity index (χ0) is 27.7. The highest BCUT2D eigenvalue weighted by Gasteiger charge is 2.36. The molecule has 0 spiro atoms. The van der Waals surface area contributed by atoms with Gasteiger partial charge in [0.1, 0.15) is 28.4 Å². The predicted octanol–water partition coefficient (Wildman–Crippen LogP) is 4.73. The molecule has 0 atom stereocenters. The zero-order valence-electron chi connectivity index (χ0n) is 21.5. The minimum Gasteiger partial charge on any atom is -0.477 e. The molecule has 3 aromatic rings. The first-order valence-electron chi connectivity index (χ1n) is 12.1. The molecule has 13 heteroatoms. The Hall–Kier alpha value is -3.95. The summed E-state index contributed by atoms with van der Waals surface area (Å²) in [6, 6.07) is 2.72. The molecule has 10 nitrogen and oxygen atoms in total. The number of alkyl halides is 3. The summed E-state index contributed by atoms with van der Waals surface area (Å²) in [6.45, 7) is 6.50. The number of imidazole rings is 1. The molecule has 1 fully saturated rings. The fourth-order valence-corrected chi connectivity index (χ4v) is 4.21. The molecule has 0 unspecified atom stereocenters. The number of piperidine rings is 1. The van der Waals surface area contributed by atoms with Gasteiger partial charge in [0.2, 0.25) is 11.7 Å². The first-order valence-corrected chi connectivity index (χ1v) is 12.1. The van der Waals surface area contributed by atoms with Crippen molar-refractivity contribution < 1.29 is 27.4 Å². The lowest BCUT2D eigenvalue weighted by molar-refractivity contribution is -0.139. The van der Waals surface area contributed by atoms with Gasteiger partial charge in [-0.15, -0.1) is 0 Å². The molecular weight excluding hydrogens is 503 g/mol. The van der Waals surface area contributed by atoms with Gasteiger partial charge in [0, 0.05) is 31.9 Å². The number of nitrogens with zero attached hydrogens (tertiary/aromatic N) is 7. The molecule has 38 heavy (non-hydrogen) atoms. The molecule has 4 heterocycles. The Kier molecular flexibility index (Phi) is 7.44. The third kappa shape index (κ3) is 6.12. The lowest BCUT2D eigenvalue weighted by Gasteiger charge is -2.33. The van der Waals surface area contributed by atoms with Crippen molar-refractivity contribution in [3.05, 3.63) is 30.0 Å². The standard InChI is InChI=1S/C25H28F3N7O3/c1-24(2,3)38-23(36)35-8-5-15(6-9-35)7-10-37-22-17(25(26,27)28)11-16(13-30-22)19-20-21(34(4)14-31-20)33-18(12-29)32-19/h11,13-15H,5-10H2,1-4H3. The third-order valence-corrected chi connectivity index (χ3v) is 6.12. The van der Waals surface area contributed by atoms with Gasteiger partial charge in [0.05, 0.1) is 12.9 Å². The van der Waals surface area contributed by atoms with Crippen molar-refractivity contribution in [2.45, 2.75) is 51.8 Å². The molecule has 1 aliphatic heterocycles. The van der Waals surface area contributed by atoms with Crippen molar-refractivity contribution in [1.29, 1.82) is 5.26 Å². The van der Waals surface area contributed by atoms with E-state index in [2.05, 4.69) is 19.9 Å². The van der Waals surface area contributed by atoms with E-state index in [1.165, 1.54) is 12.5 Å². The van der Waals surface area contributed by atoms with Crippen molar-refractivity contribution in [1.82, 2.24) is 29.4 Å². The van der Waals surface area contributed by atoms with Crippen LogP contribution in [0.1, 0.15) is 51.4 Å². The van der Waals surface area contributed by atoms with Crippen LogP contribution in [0.15, 0.2) is 18.6 Å². The number of aryl methyl sites for hydroxylation is 1. The van der Waals surface area contributed by atoms with Gasteiger partial charge >= 0.3 is 12.3 Å². The van der Waals surface area contributed by atoms with Gasteiger partial charge in [0.25, 0.3) is 0 Å². The second kappa shape index (κ2) is 10.4. The SMILES string of the molecule is Cn1cnc2c(-c3cnc(OCCC4CCN(C(=O)OC(C)(C)C)CC4)c(C(F)(F)F)c3)nc(C#N)nc21. The summed E-state index contributed by atoms with van der Waals surface area (Å²) in [5, 5.41) is 9.27. The predicted molar refractivity (Wildman–Crippen MR) is 130 cm³/mol. The Morgan fingerprint density at radius 3 is 2.53 bits per heavy atom. The molecule has 0 aromatic carbocycles. The number of fused-ring (bicyclic) bond motifs is 1. The van der Waals surface area contributed by atoms with Crippen molar-refractivity contribution in [3.63, 3.8) is 0 Å². The van der Waals surface area contributed by atoms with Gasteiger partial charge in [-0.3, -0.25) is 0 Å². The van der Waals surface area contributed by atoms with Crippen LogP contribution in [0, 0.1) is 17.2 Å². The molecule has 202 valence electrons. The van der Waals surface area contributed by atoms with Crippen LogP contribution < -0.4 is 4.74 Å². The number of amides is 1. The number of hydrogen-bond donors (Lipinski definition) is 0. The van der Waals surface area contributed by atoms with Crippen LogP contribution in [0.3, 0.4) is 0 Å². The van der Waals surface area contributed by atoms with Crippen LogP contribution in [-0.2, 0) is 18.0 Å². The van der Waals surface area contributed by atoms with Crippen molar-refractivity contribution in [2.24, 2.45) is 13.0 Å². The normalized spacial score (nSPS) is 14.9. The zero-order valence-corrected chi connectivity index (χ0v) is 21.5. The number of nitriles is 1. The lowest BCUT2D eigenvalue weighted by atomic mass is 9.94. The summed E-state index contributed by atoms with van der Waals surface area (Å²) in [4.78, 5) is 30.2. The second-order valence-electron chi connectivity index (χ2n) is 10.2. The van der Waals surface area contributed by atoms with Gasteiger partial charge in [-0.05, 0) is 52.0 Å². The lowest BCUT2D eigenvalue weighted by Crippen LogP contribution is -2.41. The smallest absolute Gasteiger partial charge is 0.421 e. The quantitative estimate of drug-likeness (QED) is 0.464. The molecule has 1 aliphatic rings. The fraction of sp³-hybridized carbons (Fsp3) is 0.520. The molecule has 1 saturated heterocycles. The summed E-state index contributed by atoms with van der Waals surface area (Å²) in [6.07, 6.45) is -0.495. The van der Waals surface area contributed by atoms with Crippen molar-refractivity contribution in [3.8, 4) is 23.2 Å². The van der Waals surface area contributed by atoms with E-state index >= 15 is 0 Å². The minimum absolute atomic E-state index is 0.0433. The van der Waals surface area contributed by atoms with E-state index < -0.39 is 23.2 Å². The molecule has 4 rings (SSSR count). The average molecular weight is 532 g/mol. The van der Waals surface area contributed by atoms with E-state index in [0.717, 1.165) is 6.07 Å². The van der Waals surface area contributed by atoms with E-state index in [1.54, 1.807) is 37.3 Å². The number of rotatable bonds is 5. The number of likely N-dealkylation sites (tertiary alicyclic amines) is 1. The minimum atomic E-state index is -4.73. The molecule has 0 N–H and O–H groups in total. The number of hydrogen-bond acceptors (Lipinski definition) is 8. The van der Waals surface area contributed by atoms with Crippen LogP contribution in [0.4, 0.5) is 18.0 Å². The summed E-state index contributed by atoms with van der Waals surface area (Å²) < 4.78 is 54.3. The highest BCUT2D eigenvalue weighted by Crippen LogP contribution is 2.38. The molecule has 0 radical (unpaired) electrons. The van der Waals surface area contributed by atoms with Crippen molar-refractivity contribution in [2.75, 3.05) is 19.7 Å². The molecule has 0 aliphatic carbocycles. The summed E-state index contributed by atoms with van der Waals surface area (Å²) in [5.41, 5.74) is -0.924. The Morgan fingerprint density at radius 2 is 1.89 bits per heavy atom. The summed E-state index contributed by atoms with van der Waals surface area (Å²) in [7, 11) is 1.66. The van der Waals surface area contributed by atoms with Crippen LogP contribution in [0.5, 0.6) is 5.88 Å². The van der Waals surface area contributed by atoms with Gasteiger partial charge in [-0.25, -0.2) is 19.7 Å². The van der Waals surface area contributed by atoms with Gasteiger partial charge in [-0.1, -0.05) is 0 Å². The molecule has 0 bridgehead atoms. The van der Waals surface area contributed by atoms with Crippen LogP contribution >= 0.6 is 0 Å². The van der Waals surface area contributed by atoms with E-state index in [-0.39, 0.29) is 41.2 Å². The van der Waals surface area contributed by atoms with Crippen LogP contribution in [0.25, 0.3) is 22.4 Å². The highest BCUT2D eigenvalue weighted by atomic mass is 19.4. The largest absolute Gasteiger partial charge is 0.477 e. The molecule has 0 saturated carbocycles. The summed E-state index contributed by atoms with van der Waals surface area (Å²) in [5.74, 6) is -0.521. The number of carbonyl (C=O) groups is 1. The Bertz CT molecular complexity index is 1370. The van der Waals surface area contributed by atoms with E-state index in [0.29, 0.717) is 38.0 Å². The van der Waals surface area contributed by atoms with E-state index in [9.17, 15) is 23.2 Å². The van der Waals surface area contributed by atoms with Gasteiger partial charge in [0.15, 0.2) is 5.65 Å². The Labute approximate surface area is 217 Å². The Balaban J connectivity index is 1.45. The monoisotopic (exact) mass is 531 g/mol. The van der Waals surface area contributed by atoms with Gasteiger partial charge in [-0.2, -0.15) is 23.4 Å². The number of pyridine rings is 1. The molecular formula is C25H28F3N7O3. The van der Waals surface area contributed by atoms with Crippen LogP contribution in [-0.4, -0.2) is 60.8 Å². The van der Waals surface area contributed by atoms with E-state index in [1.807, 2.05) is 6.07 Å². The van der Waals surface area contributed by atoms with Crippen molar-refractivity contribution >= 4 is 17.3 Å². The molecule has 1 amide bonds. The molecule has 3 aromatic heterocycles. The van der Waals surface area contributed by atoms with Crippen LogP contribution in [0.2, 0.25) is 0 Å². The highest BCUT2D eigenvalue weighted by molar-refractivity contribution is 5.87. The fourth-order valence-electron chi connectivity index (χ4n) is 4.21. The number of aromatic nitrogens is 5. The maximum atomic E-state index is 14.0. The first-order chi connectivity index (χ1) is 17.9. The number of ether oxygens (including phenoxy) is 2. The number of halogens is 3. The second-order valence-corrected chi connectivity index (χ2v) is 10.2. The first kappa shape index (κ1) is 27.1. The average Bonchev–Trinajstić information content (AvgIpc) is 3.23. The maximum absolute atomic E-state index is 14.0. The maximum Gasteiger partial charge on any atom is 0.421 e. The third-order valence-electron chi connectivity index (χ3n) is 6.12. The summed E-state index contributed by atoms with van der Waals surface area (Å²) >= 11 is 0. The number of carbonyl (C=O) groups excluding carboxylic acids is 1. The van der Waals surface area contributed by atoms with E-state index in [4.69, 9.17) is 9.47 Å².